The van der Waals surface area contributed by atoms with Crippen molar-refractivity contribution in [2.24, 2.45) is 0 Å². The van der Waals surface area contributed by atoms with E-state index in [1.54, 1.807) is 13.2 Å². The summed E-state index contributed by atoms with van der Waals surface area (Å²) in [4.78, 5) is 11.9. The van der Waals surface area contributed by atoms with Crippen LogP contribution < -0.4 is 14.8 Å². The average Bonchev–Trinajstić information content (AvgIpc) is 2.58. The van der Waals surface area contributed by atoms with Crippen LogP contribution in [0, 0.1) is 0 Å². The van der Waals surface area contributed by atoms with Crippen molar-refractivity contribution in [2.45, 2.75) is 26.5 Å². The molecule has 0 fully saturated rings. The molecule has 1 amide bonds. The first kappa shape index (κ1) is 17.6. The Bertz CT molecular complexity index is 690. The summed E-state index contributed by atoms with van der Waals surface area (Å²) in [6, 6.07) is 15.2. The molecule has 126 valence electrons. The van der Waals surface area contributed by atoms with Gasteiger partial charge in [-0.25, -0.2) is 0 Å². The zero-order valence-corrected chi connectivity index (χ0v) is 14.3. The lowest BCUT2D eigenvalue weighted by Gasteiger charge is -2.11. The molecule has 0 bridgehead atoms. The van der Waals surface area contributed by atoms with E-state index in [4.69, 9.17) is 9.47 Å². The van der Waals surface area contributed by atoms with Gasteiger partial charge >= 0.3 is 0 Å². The molecule has 0 radical (unpaired) electrons. The second-order valence-corrected chi connectivity index (χ2v) is 5.64. The van der Waals surface area contributed by atoms with Crippen molar-refractivity contribution in [3.8, 4) is 11.5 Å². The number of carbonyl (C=O) groups is 1. The predicted octanol–water partition coefficient (Wildman–Crippen LogP) is 3.81. The maximum atomic E-state index is 11.9. The maximum Gasteiger partial charge on any atom is 0.244 e. The third-order valence-corrected chi connectivity index (χ3v) is 3.28. The summed E-state index contributed by atoms with van der Waals surface area (Å²) in [5.41, 5.74) is 1.94. The van der Waals surface area contributed by atoms with Crippen LogP contribution in [0.2, 0.25) is 0 Å². The minimum absolute atomic E-state index is 0.127. The molecule has 0 aromatic heterocycles. The average molecular weight is 325 g/mol. The first-order valence-corrected chi connectivity index (χ1v) is 7.92. The van der Waals surface area contributed by atoms with Crippen LogP contribution in [-0.2, 0) is 11.3 Å². The molecule has 1 N–H and O–H groups in total. The molecule has 0 aliphatic carbocycles. The minimum atomic E-state index is -0.138. The number of benzene rings is 2. The number of methoxy groups -OCH3 is 1. The van der Waals surface area contributed by atoms with Gasteiger partial charge in [-0.1, -0.05) is 24.3 Å². The van der Waals surface area contributed by atoms with E-state index < -0.39 is 0 Å². The van der Waals surface area contributed by atoms with Crippen LogP contribution in [0.5, 0.6) is 11.5 Å². The summed E-state index contributed by atoms with van der Waals surface area (Å²) in [5.74, 6) is 1.46. The van der Waals surface area contributed by atoms with Crippen LogP contribution in [0.1, 0.15) is 25.0 Å². The van der Waals surface area contributed by atoms with Crippen molar-refractivity contribution >= 4 is 12.0 Å². The molecule has 0 aliphatic heterocycles. The highest BCUT2D eigenvalue weighted by molar-refractivity contribution is 5.91. The Kier molecular flexibility index (Phi) is 6.43. The lowest BCUT2D eigenvalue weighted by atomic mass is 10.2. The van der Waals surface area contributed by atoms with Crippen LogP contribution in [-0.4, -0.2) is 19.1 Å². The van der Waals surface area contributed by atoms with E-state index in [-0.39, 0.29) is 12.0 Å². The Labute approximate surface area is 143 Å². The van der Waals surface area contributed by atoms with Crippen molar-refractivity contribution in [3.63, 3.8) is 0 Å². The lowest BCUT2D eigenvalue weighted by molar-refractivity contribution is -0.116. The van der Waals surface area contributed by atoms with Gasteiger partial charge in [0.1, 0.15) is 11.5 Å². The first-order chi connectivity index (χ1) is 11.6. The van der Waals surface area contributed by atoms with Crippen molar-refractivity contribution in [3.05, 3.63) is 65.7 Å². The summed E-state index contributed by atoms with van der Waals surface area (Å²) >= 11 is 0. The quantitative estimate of drug-likeness (QED) is 0.788. The fraction of sp³-hybridized carbons (Fsp3) is 0.250. The SMILES string of the molecule is COc1ccc(/C=C/C(=O)NCc2cccc(OC(C)C)c2)cc1. The Hall–Kier alpha value is -2.75. The molecule has 0 saturated heterocycles. The van der Waals surface area contributed by atoms with Gasteiger partial charge in [0.05, 0.1) is 13.2 Å². The highest BCUT2D eigenvalue weighted by Crippen LogP contribution is 2.15. The second kappa shape index (κ2) is 8.77. The number of nitrogens with one attached hydrogen (secondary N) is 1. The molecule has 0 heterocycles. The molecule has 0 saturated carbocycles. The standard InChI is InChI=1S/C20H23NO3/c1-15(2)24-19-6-4-5-17(13-19)14-21-20(22)12-9-16-7-10-18(23-3)11-8-16/h4-13,15H,14H2,1-3H3,(H,21,22)/b12-9+. The van der Waals surface area contributed by atoms with Crippen LogP contribution in [0.25, 0.3) is 6.08 Å². The Balaban J connectivity index is 1.87. The molecule has 2 aromatic rings. The summed E-state index contributed by atoms with van der Waals surface area (Å²) in [6.45, 7) is 4.43. The van der Waals surface area contributed by atoms with Crippen LogP contribution in [0.4, 0.5) is 0 Å². The Morgan fingerprint density at radius 1 is 1.12 bits per heavy atom. The minimum Gasteiger partial charge on any atom is -0.497 e. The number of hydrogen-bond donors (Lipinski definition) is 1. The molecule has 4 heteroatoms. The van der Waals surface area contributed by atoms with E-state index in [9.17, 15) is 4.79 Å². The molecule has 2 aromatic carbocycles. The van der Waals surface area contributed by atoms with E-state index >= 15 is 0 Å². The third-order valence-electron chi connectivity index (χ3n) is 3.28. The van der Waals surface area contributed by atoms with E-state index in [0.717, 1.165) is 22.6 Å². The highest BCUT2D eigenvalue weighted by atomic mass is 16.5. The topological polar surface area (TPSA) is 47.6 Å². The van der Waals surface area contributed by atoms with Crippen LogP contribution >= 0.6 is 0 Å². The molecule has 0 atom stereocenters. The summed E-state index contributed by atoms with van der Waals surface area (Å²) in [5, 5.41) is 2.87. The highest BCUT2D eigenvalue weighted by Gasteiger charge is 2.01. The van der Waals surface area contributed by atoms with E-state index in [1.807, 2.05) is 62.4 Å². The number of rotatable bonds is 7. The van der Waals surface area contributed by atoms with Gasteiger partial charge in [0.2, 0.25) is 5.91 Å². The molecule has 24 heavy (non-hydrogen) atoms. The van der Waals surface area contributed by atoms with Crippen molar-refractivity contribution in [1.82, 2.24) is 5.32 Å². The Morgan fingerprint density at radius 2 is 1.88 bits per heavy atom. The molecule has 0 aliphatic rings. The second-order valence-electron chi connectivity index (χ2n) is 5.64. The van der Waals surface area contributed by atoms with E-state index in [2.05, 4.69) is 5.32 Å². The van der Waals surface area contributed by atoms with Gasteiger partial charge in [-0.3, -0.25) is 4.79 Å². The van der Waals surface area contributed by atoms with Crippen molar-refractivity contribution in [2.75, 3.05) is 7.11 Å². The molecular weight excluding hydrogens is 302 g/mol. The monoisotopic (exact) mass is 325 g/mol. The third kappa shape index (κ3) is 5.80. The lowest BCUT2D eigenvalue weighted by Crippen LogP contribution is -2.20. The number of ether oxygens (including phenoxy) is 2. The van der Waals surface area contributed by atoms with Crippen LogP contribution in [0.15, 0.2) is 54.6 Å². The molecule has 4 nitrogen and oxygen atoms in total. The van der Waals surface area contributed by atoms with Gasteiger partial charge in [-0.15, -0.1) is 0 Å². The van der Waals surface area contributed by atoms with Crippen molar-refractivity contribution < 1.29 is 14.3 Å². The zero-order valence-electron chi connectivity index (χ0n) is 14.3. The van der Waals surface area contributed by atoms with Crippen molar-refractivity contribution in [1.29, 1.82) is 0 Å². The molecule has 0 spiro atoms. The summed E-state index contributed by atoms with van der Waals surface area (Å²) in [7, 11) is 1.62. The molecular formula is C20H23NO3. The van der Waals surface area contributed by atoms with Gasteiger partial charge in [0, 0.05) is 12.6 Å². The fourth-order valence-corrected chi connectivity index (χ4v) is 2.14. The molecule has 2 rings (SSSR count). The number of amides is 1. The normalized spacial score (nSPS) is 10.8. The van der Waals surface area contributed by atoms with Gasteiger partial charge < -0.3 is 14.8 Å². The van der Waals surface area contributed by atoms with E-state index in [1.165, 1.54) is 6.08 Å². The van der Waals surface area contributed by atoms with Crippen LogP contribution in [0.3, 0.4) is 0 Å². The first-order valence-electron chi connectivity index (χ1n) is 7.92. The summed E-state index contributed by atoms with van der Waals surface area (Å²) < 4.78 is 10.8. The summed E-state index contributed by atoms with van der Waals surface area (Å²) in [6.07, 6.45) is 3.42. The number of hydrogen-bond acceptors (Lipinski definition) is 3. The van der Waals surface area contributed by atoms with Gasteiger partial charge in [-0.2, -0.15) is 0 Å². The zero-order chi connectivity index (χ0) is 17.4. The predicted molar refractivity (Wildman–Crippen MR) is 96.1 cm³/mol. The maximum absolute atomic E-state index is 11.9. The molecule has 0 unspecified atom stereocenters. The van der Waals surface area contributed by atoms with Gasteiger partial charge in [0.25, 0.3) is 0 Å². The van der Waals surface area contributed by atoms with Gasteiger partial charge in [-0.05, 0) is 55.3 Å². The van der Waals surface area contributed by atoms with Gasteiger partial charge in [0.15, 0.2) is 0 Å². The smallest absolute Gasteiger partial charge is 0.244 e. The van der Waals surface area contributed by atoms with E-state index in [0.29, 0.717) is 6.54 Å². The Morgan fingerprint density at radius 3 is 2.54 bits per heavy atom. The fourth-order valence-electron chi connectivity index (χ4n) is 2.14. The number of carbonyl (C=O) groups excluding carboxylic acids is 1. The largest absolute Gasteiger partial charge is 0.497 e.